The maximum absolute atomic E-state index is 5.80. The van der Waals surface area contributed by atoms with Crippen LogP contribution in [0, 0.1) is 6.92 Å². The third kappa shape index (κ3) is 6.25. The molecule has 0 saturated carbocycles. The van der Waals surface area contributed by atoms with Gasteiger partial charge in [0.2, 0.25) is 0 Å². The van der Waals surface area contributed by atoms with Gasteiger partial charge in [0, 0.05) is 18.2 Å². The number of aryl methyl sites for hydroxylation is 3. The first-order valence-electron chi connectivity index (χ1n) is 11.5. The molecule has 6 heteroatoms. The van der Waals surface area contributed by atoms with Gasteiger partial charge in [-0.2, -0.15) is 0 Å². The van der Waals surface area contributed by atoms with Crippen LogP contribution in [-0.4, -0.2) is 44.2 Å². The normalized spacial score (nSPS) is 11.2. The maximum atomic E-state index is 5.80. The third-order valence-electron chi connectivity index (χ3n) is 5.63. The molecule has 0 spiro atoms. The molecule has 0 aliphatic rings. The van der Waals surface area contributed by atoms with Gasteiger partial charge in [0.1, 0.15) is 25.2 Å². The molecular weight excluding hydrogens is 400 g/mol. The Morgan fingerprint density at radius 2 is 1.84 bits per heavy atom. The van der Waals surface area contributed by atoms with Gasteiger partial charge in [0.25, 0.3) is 0 Å². The van der Waals surface area contributed by atoms with E-state index in [-0.39, 0.29) is 6.79 Å². The van der Waals surface area contributed by atoms with E-state index in [0.29, 0.717) is 6.73 Å². The molecule has 0 saturated heterocycles. The number of rotatable bonds is 13. The Balaban J connectivity index is 1.96. The molecular formula is C26H36N4O2. The van der Waals surface area contributed by atoms with Crippen LogP contribution in [0.5, 0.6) is 0 Å². The number of anilines is 2. The van der Waals surface area contributed by atoms with Gasteiger partial charge in [-0.1, -0.05) is 31.5 Å². The Kier molecular flexibility index (Phi) is 9.41. The van der Waals surface area contributed by atoms with Gasteiger partial charge >= 0.3 is 0 Å². The summed E-state index contributed by atoms with van der Waals surface area (Å²) in [4.78, 5) is 11.5. The second-order valence-electron chi connectivity index (χ2n) is 8.00. The predicted molar refractivity (Wildman–Crippen MR) is 132 cm³/mol. The molecule has 2 aromatic carbocycles. The zero-order chi connectivity index (χ0) is 22.8. The Hall–Kier alpha value is -2.54. The molecule has 1 aromatic heterocycles. The molecule has 0 amide bonds. The number of ether oxygens (including phenoxy) is 2. The highest BCUT2D eigenvalue weighted by molar-refractivity contribution is 5.91. The summed E-state index contributed by atoms with van der Waals surface area (Å²) < 4.78 is 10.9. The standard InChI is InChI=1S/C26H36N4O2/c1-5-21-14-15-23(17-22(21)11-7-6-10-16-27-3)30(18-32-19-31-4)26-24-12-8-9-13-25(24)28-20(2)29-26/h8-9,12-15,17,27H,5-7,10-11,16,18-19H2,1-4H3. The van der Waals surface area contributed by atoms with Crippen molar-refractivity contribution in [3.8, 4) is 0 Å². The highest BCUT2D eigenvalue weighted by Crippen LogP contribution is 2.32. The average Bonchev–Trinajstić information content (AvgIpc) is 2.81. The highest BCUT2D eigenvalue weighted by atomic mass is 16.7. The van der Waals surface area contributed by atoms with Crippen LogP contribution in [0.4, 0.5) is 11.5 Å². The highest BCUT2D eigenvalue weighted by Gasteiger charge is 2.17. The van der Waals surface area contributed by atoms with Crippen molar-refractivity contribution in [3.05, 3.63) is 59.4 Å². The molecule has 3 aromatic rings. The number of benzene rings is 2. The minimum Gasteiger partial charge on any atom is -0.359 e. The van der Waals surface area contributed by atoms with E-state index in [1.807, 2.05) is 32.2 Å². The van der Waals surface area contributed by atoms with Gasteiger partial charge < -0.3 is 19.7 Å². The molecule has 0 bridgehead atoms. The van der Waals surface area contributed by atoms with Crippen molar-refractivity contribution in [2.24, 2.45) is 0 Å². The van der Waals surface area contributed by atoms with Crippen LogP contribution in [0.3, 0.4) is 0 Å². The number of para-hydroxylation sites is 1. The lowest BCUT2D eigenvalue weighted by Crippen LogP contribution is -2.23. The lowest BCUT2D eigenvalue weighted by Gasteiger charge is -2.26. The first kappa shape index (κ1) is 24.1. The van der Waals surface area contributed by atoms with E-state index in [1.54, 1.807) is 7.11 Å². The molecule has 3 rings (SSSR count). The van der Waals surface area contributed by atoms with Crippen molar-refractivity contribution >= 4 is 22.4 Å². The molecule has 0 atom stereocenters. The van der Waals surface area contributed by atoms with Crippen molar-refractivity contribution in [3.63, 3.8) is 0 Å². The first-order chi connectivity index (χ1) is 15.7. The lowest BCUT2D eigenvalue weighted by atomic mass is 9.98. The number of hydrogen-bond donors (Lipinski definition) is 1. The number of unbranched alkanes of at least 4 members (excludes halogenated alkanes) is 2. The van der Waals surface area contributed by atoms with E-state index in [2.05, 4.69) is 46.4 Å². The number of fused-ring (bicyclic) bond motifs is 1. The first-order valence-corrected chi connectivity index (χ1v) is 11.5. The van der Waals surface area contributed by atoms with Crippen LogP contribution in [-0.2, 0) is 22.3 Å². The van der Waals surface area contributed by atoms with Gasteiger partial charge in [-0.25, -0.2) is 9.97 Å². The monoisotopic (exact) mass is 436 g/mol. The second kappa shape index (κ2) is 12.5. The molecule has 172 valence electrons. The summed E-state index contributed by atoms with van der Waals surface area (Å²) in [7, 11) is 3.65. The van der Waals surface area contributed by atoms with Crippen LogP contribution in [0.2, 0.25) is 0 Å². The number of methoxy groups -OCH3 is 1. The quantitative estimate of drug-likeness (QED) is 0.295. The van der Waals surface area contributed by atoms with Crippen LogP contribution in [0.1, 0.15) is 43.1 Å². The lowest BCUT2D eigenvalue weighted by molar-refractivity contribution is -0.0277. The molecule has 0 radical (unpaired) electrons. The van der Waals surface area contributed by atoms with E-state index in [0.717, 1.165) is 47.6 Å². The summed E-state index contributed by atoms with van der Waals surface area (Å²) in [5.74, 6) is 1.60. The molecule has 0 aliphatic carbocycles. The van der Waals surface area contributed by atoms with Crippen LogP contribution in [0.15, 0.2) is 42.5 Å². The summed E-state index contributed by atoms with van der Waals surface area (Å²) in [6.07, 6.45) is 5.73. The maximum Gasteiger partial charge on any atom is 0.148 e. The van der Waals surface area contributed by atoms with Gasteiger partial charge in [-0.05, 0) is 81.6 Å². The van der Waals surface area contributed by atoms with Crippen molar-refractivity contribution in [2.75, 3.05) is 39.1 Å². The molecule has 6 nitrogen and oxygen atoms in total. The van der Waals surface area contributed by atoms with E-state index in [1.165, 1.54) is 30.4 Å². The summed E-state index contributed by atoms with van der Waals surface area (Å²) in [5.41, 5.74) is 4.82. The number of aromatic nitrogens is 2. The Labute approximate surface area is 192 Å². The van der Waals surface area contributed by atoms with Crippen LogP contribution in [0.25, 0.3) is 10.9 Å². The number of nitrogens with one attached hydrogen (secondary N) is 1. The zero-order valence-corrected chi connectivity index (χ0v) is 19.9. The average molecular weight is 437 g/mol. The molecule has 1 heterocycles. The van der Waals surface area contributed by atoms with Crippen LogP contribution >= 0.6 is 0 Å². The van der Waals surface area contributed by atoms with E-state index < -0.39 is 0 Å². The molecule has 32 heavy (non-hydrogen) atoms. The second-order valence-corrected chi connectivity index (χ2v) is 8.00. The van der Waals surface area contributed by atoms with Gasteiger partial charge in [-0.3, -0.25) is 0 Å². The Bertz CT molecular complexity index is 993. The fourth-order valence-corrected chi connectivity index (χ4v) is 4.00. The minimum absolute atomic E-state index is 0.226. The van der Waals surface area contributed by atoms with Gasteiger partial charge in [0.15, 0.2) is 0 Å². The molecule has 0 unspecified atom stereocenters. The summed E-state index contributed by atoms with van der Waals surface area (Å²) in [5, 5.41) is 4.24. The fourth-order valence-electron chi connectivity index (χ4n) is 4.00. The zero-order valence-electron chi connectivity index (χ0n) is 19.9. The van der Waals surface area contributed by atoms with Crippen molar-refractivity contribution in [1.29, 1.82) is 0 Å². The van der Waals surface area contributed by atoms with Crippen molar-refractivity contribution in [1.82, 2.24) is 15.3 Å². The SMILES string of the molecule is CCc1ccc(N(COCOC)c2nc(C)nc3ccccc23)cc1CCCCCNC. The number of hydrogen-bond acceptors (Lipinski definition) is 6. The topological polar surface area (TPSA) is 59.5 Å². The Morgan fingerprint density at radius 3 is 2.62 bits per heavy atom. The largest absolute Gasteiger partial charge is 0.359 e. The third-order valence-corrected chi connectivity index (χ3v) is 5.63. The van der Waals surface area contributed by atoms with Gasteiger partial charge in [-0.15, -0.1) is 0 Å². The molecule has 1 N–H and O–H groups in total. The summed E-state index contributed by atoms with van der Waals surface area (Å²) >= 11 is 0. The van der Waals surface area contributed by atoms with E-state index in [4.69, 9.17) is 14.5 Å². The van der Waals surface area contributed by atoms with E-state index >= 15 is 0 Å². The van der Waals surface area contributed by atoms with Crippen molar-refractivity contribution < 1.29 is 9.47 Å². The smallest absolute Gasteiger partial charge is 0.148 e. The summed E-state index contributed by atoms with van der Waals surface area (Å²) in [6.45, 7) is 5.80. The van der Waals surface area contributed by atoms with Gasteiger partial charge in [0.05, 0.1) is 5.52 Å². The van der Waals surface area contributed by atoms with Crippen LogP contribution < -0.4 is 10.2 Å². The predicted octanol–water partition coefficient (Wildman–Crippen LogP) is 5.15. The summed E-state index contributed by atoms with van der Waals surface area (Å²) in [6, 6.07) is 14.8. The molecule has 0 fully saturated rings. The van der Waals surface area contributed by atoms with Crippen molar-refractivity contribution in [2.45, 2.75) is 46.0 Å². The number of nitrogens with zero attached hydrogens (tertiary/aromatic N) is 3. The van der Waals surface area contributed by atoms with E-state index in [9.17, 15) is 0 Å². The minimum atomic E-state index is 0.226. The molecule has 0 aliphatic heterocycles. The fraction of sp³-hybridized carbons (Fsp3) is 0.462. The Morgan fingerprint density at radius 1 is 1.00 bits per heavy atom.